The second-order valence-corrected chi connectivity index (χ2v) is 10.2. The highest BCUT2D eigenvalue weighted by molar-refractivity contribution is 5.98. The Balaban J connectivity index is 1.34. The van der Waals surface area contributed by atoms with E-state index in [1.165, 1.54) is 0 Å². The molecule has 2 aromatic carbocycles. The quantitative estimate of drug-likeness (QED) is 0.628. The van der Waals surface area contributed by atoms with Crippen molar-refractivity contribution in [2.75, 3.05) is 40.0 Å². The second kappa shape index (κ2) is 11.1. The van der Waals surface area contributed by atoms with Gasteiger partial charge in [0.2, 0.25) is 5.91 Å². The third-order valence-electron chi connectivity index (χ3n) is 7.76. The van der Waals surface area contributed by atoms with E-state index in [1.54, 1.807) is 53.3 Å². The van der Waals surface area contributed by atoms with E-state index in [0.717, 1.165) is 18.4 Å². The Labute approximate surface area is 223 Å². The summed E-state index contributed by atoms with van der Waals surface area (Å²) in [5.74, 6) is 0.0364. The van der Waals surface area contributed by atoms with Gasteiger partial charge in [-0.1, -0.05) is 23.8 Å². The van der Waals surface area contributed by atoms with Gasteiger partial charge in [-0.25, -0.2) is 0 Å². The van der Waals surface area contributed by atoms with Gasteiger partial charge in [-0.15, -0.1) is 0 Å². The summed E-state index contributed by atoms with van der Waals surface area (Å²) in [6.07, 6.45) is 2.72. The number of aryl methyl sites for hydroxylation is 1. The van der Waals surface area contributed by atoms with Crippen LogP contribution in [-0.4, -0.2) is 85.3 Å². The van der Waals surface area contributed by atoms with Gasteiger partial charge in [-0.3, -0.25) is 19.3 Å². The molecule has 5 rings (SSSR count). The first-order chi connectivity index (χ1) is 18.4. The molecule has 3 aliphatic heterocycles. The summed E-state index contributed by atoms with van der Waals surface area (Å²) in [7, 11) is 1.57. The number of methoxy groups -OCH3 is 1. The molecule has 0 unspecified atom stereocenters. The number of benzene rings is 2. The summed E-state index contributed by atoms with van der Waals surface area (Å²) in [5, 5.41) is 2.98. The number of hydrogen-bond donors (Lipinski definition) is 1. The summed E-state index contributed by atoms with van der Waals surface area (Å²) < 4.78 is 17.2. The zero-order chi connectivity index (χ0) is 26.7. The van der Waals surface area contributed by atoms with Crippen molar-refractivity contribution in [2.45, 2.75) is 50.5 Å². The van der Waals surface area contributed by atoms with Crippen LogP contribution in [0.3, 0.4) is 0 Å². The number of nitrogens with one attached hydrogen (secondary N) is 1. The van der Waals surface area contributed by atoms with E-state index in [0.29, 0.717) is 56.0 Å². The predicted octanol–water partition coefficient (Wildman–Crippen LogP) is 2.77. The Morgan fingerprint density at radius 1 is 1.05 bits per heavy atom. The maximum absolute atomic E-state index is 13.9. The molecule has 9 nitrogen and oxygen atoms in total. The van der Waals surface area contributed by atoms with Crippen LogP contribution in [0.4, 0.5) is 0 Å². The molecule has 3 saturated heterocycles. The van der Waals surface area contributed by atoms with E-state index in [9.17, 15) is 14.4 Å². The highest BCUT2D eigenvalue weighted by Crippen LogP contribution is 2.39. The molecule has 0 saturated carbocycles. The number of nitrogens with zero attached hydrogens (tertiary/aromatic N) is 2. The molecule has 3 amide bonds. The molecule has 1 N–H and O–H groups in total. The van der Waals surface area contributed by atoms with Gasteiger partial charge in [0, 0.05) is 50.2 Å². The molecule has 0 aliphatic carbocycles. The van der Waals surface area contributed by atoms with Gasteiger partial charge in [0.15, 0.2) is 0 Å². The van der Waals surface area contributed by atoms with E-state index in [-0.39, 0.29) is 30.4 Å². The van der Waals surface area contributed by atoms with Gasteiger partial charge in [0.25, 0.3) is 11.8 Å². The van der Waals surface area contributed by atoms with Crippen molar-refractivity contribution in [2.24, 2.45) is 0 Å². The lowest BCUT2D eigenvalue weighted by Gasteiger charge is -2.44. The van der Waals surface area contributed by atoms with Crippen LogP contribution in [0, 0.1) is 6.92 Å². The van der Waals surface area contributed by atoms with Crippen LogP contribution in [0.2, 0.25) is 0 Å². The maximum atomic E-state index is 13.9. The van der Waals surface area contributed by atoms with Gasteiger partial charge in [-0.2, -0.15) is 0 Å². The first-order valence-corrected chi connectivity index (χ1v) is 13.3. The van der Waals surface area contributed by atoms with Crippen LogP contribution in [0.15, 0.2) is 48.5 Å². The van der Waals surface area contributed by atoms with Crippen molar-refractivity contribution in [3.63, 3.8) is 0 Å². The standard InChI is InChI=1S/C29H35N3O6/c1-20-8-10-21(11-9-20)28(35)32-25(26(33)30-18-24-7-4-16-37-24)19-38-29(32)12-14-31(15-13-29)27(34)22-5-3-6-23(17-22)36-2/h3,5-6,8-11,17,24-25H,4,7,12-16,18-19H2,1-2H3,(H,30,33)/t24-,25+/m0/s1. The lowest BCUT2D eigenvalue weighted by molar-refractivity contribution is -0.128. The first-order valence-electron chi connectivity index (χ1n) is 13.3. The van der Waals surface area contributed by atoms with Crippen LogP contribution in [0.5, 0.6) is 5.75 Å². The monoisotopic (exact) mass is 521 g/mol. The Morgan fingerprint density at radius 2 is 1.82 bits per heavy atom. The Hall–Kier alpha value is -3.43. The van der Waals surface area contributed by atoms with E-state index >= 15 is 0 Å². The SMILES string of the molecule is COc1cccc(C(=O)N2CCC3(CC2)OC[C@H](C(=O)NC[C@@H]2CCCO2)N3C(=O)c2ccc(C)cc2)c1. The van der Waals surface area contributed by atoms with Gasteiger partial charge >= 0.3 is 0 Å². The van der Waals surface area contributed by atoms with Crippen LogP contribution >= 0.6 is 0 Å². The van der Waals surface area contributed by atoms with Crippen LogP contribution in [0.1, 0.15) is 52.0 Å². The first kappa shape index (κ1) is 26.2. The molecule has 202 valence electrons. The van der Waals surface area contributed by atoms with Gasteiger partial charge in [0.05, 0.1) is 19.8 Å². The van der Waals surface area contributed by atoms with E-state index < -0.39 is 11.8 Å². The smallest absolute Gasteiger partial charge is 0.256 e. The van der Waals surface area contributed by atoms with Crippen LogP contribution < -0.4 is 10.1 Å². The molecule has 2 atom stereocenters. The summed E-state index contributed by atoms with van der Waals surface area (Å²) in [4.78, 5) is 43.8. The van der Waals surface area contributed by atoms with E-state index in [4.69, 9.17) is 14.2 Å². The van der Waals surface area contributed by atoms with E-state index in [1.807, 2.05) is 19.1 Å². The highest BCUT2D eigenvalue weighted by atomic mass is 16.5. The predicted molar refractivity (Wildman–Crippen MR) is 140 cm³/mol. The highest BCUT2D eigenvalue weighted by Gasteiger charge is 2.54. The van der Waals surface area contributed by atoms with Crippen molar-refractivity contribution in [1.29, 1.82) is 0 Å². The average Bonchev–Trinajstić information content (AvgIpc) is 3.60. The molecule has 3 aliphatic rings. The Morgan fingerprint density at radius 3 is 2.50 bits per heavy atom. The molecule has 3 fully saturated rings. The number of likely N-dealkylation sites (tertiary alicyclic amines) is 1. The lowest BCUT2D eigenvalue weighted by Crippen LogP contribution is -2.60. The number of amides is 3. The zero-order valence-electron chi connectivity index (χ0n) is 22.0. The molecule has 1 spiro atoms. The second-order valence-electron chi connectivity index (χ2n) is 10.2. The van der Waals surface area contributed by atoms with Gasteiger partial charge < -0.3 is 24.4 Å². The average molecular weight is 522 g/mol. The van der Waals surface area contributed by atoms with E-state index in [2.05, 4.69) is 5.32 Å². The fraction of sp³-hybridized carbons (Fsp3) is 0.483. The number of piperidine rings is 1. The fourth-order valence-corrected chi connectivity index (χ4v) is 5.54. The number of ether oxygens (including phenoxy) is 3. The van der Waals surface area contributed by atoms with Crippen molar-refractivity contribution in [1.82, 2.24) is 15.1 Å². The topological polar surface area (TPSA) is 97.4 Å². The molecule has 38 heavy (non-hydrogen) atoms. The third kappa shape index (κ3) is 5.26. The molecule has 2 aromatic rings. The normalized spacial score (nSPS) is 22.5. The molecule has 3 heterocycles. The Bertz CT molecular complexity index is 1170. The summed E-state index contributed by atoms with van der Waals surface area (Å²) in [6.45, 7) is 4.00. The van der Waals surface area contributed by atoms with Crippen LogP contribution in [0.25, 0.3) is 0 Å². The van der Waals surface area contributed by atoms with Crippen molar-refractivity contribution < 1.29 is 28.6 Å². The van der Waals surface area contributed by atoms with Gasteiger partial charge in [0.1, 0.15) is 17.5 Å². The minimum absolute atomic E-state index is 0.00217. The third-order valence-corrected chi connectivity index (χ3v) is 7.76. The number of rotatable bonds is 6. The number of hydrogen-bond acceptors (Lipinski definition) is 6. The molecule has 0 radical (unpaired) electrons. The fourth-order valence-electron chi connectivity index (χ4n) is 5.54. The molecular formula is C29H35N3O6. The molecule has 0 aromatic heterocycles. The minimum Gasteiger partial charge on any atom is -0.497 e. The number of carbonyl (C=O) groups excluding carboxylic acids is 3. The van der Waals surface area contributed by atoms with Crippen molar-refractivity contribution in [3.8, 4) is 5.75 Å². The summed E-state index contributed by atoms with van der Waals surface area (Å²) >= 11 is 0. The van der Waals surface area contributed by atoms with Crippen molar-refractivity contribution >= 4 is 17.7 Å². The molecular weight excluding hydrogens is 486 g/mol. The Kier molecular flexibility index (Phi) is 7.67. The zero-order valence-corrected chi connectivity index (χ0v) is 22.0. The lowest BCUT2D eigenvalue weighted by atomic mass is 9.96. The van der Waals surface area contributed by atoms with Crippen LogP contribution in [-0.2, 0) is 14.3 Å². The summed E-state index contributed by atoms with van der Waals surface area (Å²) in [6, 6.07) is 13.7. The molecule has 0 bridgehead atoms. The largest absolute Gasteiger partial charge is 0.497 e. The van der Waals surface area contributed by atoms with Crippen molar-refractivity contribution in [3.05, 3.63) is 65.2 Å². The molecule has 9 heteroatoms. The summed E-state index contributed by atoms with van der Waals surface area (Å²) in [5.41, 5.74) is 1.14. The van der Waals surface area contributed by atoms with Gasteiger partial charge in [-0.05, 0) is 50.1 Å². The maximum Gasteiger partial charge on any atom is 0.256 e. The minimum atomic E-state index is -0.959. The number of carbonyl (C=O) groups is 3.